The molecule has 0 bridgehead atoms. The monoisotopic (exact) mass is 514 g/mol. The fourth-order valence-electron chi connectivity index (χ4n) is 2.46. The second-order valence-corrected chi connectivity index (χ2v) is 8.43. The van der Waals surface area contributed by atoms with Crippen molar-refractivity contribution < 1.29 is 13.2 Å². The molecule has 0 spiro atoms. The van der Waals surface area contributed by atoms with Crippen molar-refractivity contribution >= 4 is 57.3 Å². The SMILES string of the molecule is CCNC(=NCCNC(=O)c1ccc(Cl)cc1)NC1CCS(=O)(=O)C1.I. The third kappa shape index (κ3) is 7.67. The van der Waals surface area contributed by atoms with E-state index in [4.69, 9.17) is 11.6 Å². The summed E-state index contributed by atoms with van der Waals surface area (Å²) in [4.78, 5) is 16.3. The topological polar surface area (TPSA) is 99.7 Å². The van der Waals surface area contributed by atoms with Crippen LogP contribution >= 0.6 is 35.6 Å². The first-order valence-electron chi connectivity index (χ1n) is 8.18. The highest BCUT2D eigenvalue weighted by molar-refractivity contribution is 14.0. The summed E-state index contributed by atoms with van der Waals surface area (Å²) in [6.45, 7) is 3.36. The summed E-state index contributed by atoms with van der Waals surface area (Å²) < 4.78 is 23.0. The van der Waals surface area contributed by atoms with E-state index in [1.165, 1.54) is 0 Å². The number of hydrogen-bond donors (Lipinski definition) is 3. The van der Waals surface area contributed by atoms with Crippen LogP contribution in [0.4, 0.5) is 0 Å². The molecule has 1 atom stereocenters. The smallest absolute Gasteiger partial charge is 0.251 e. The van der Waals surface area contributed by atoms with E-state index in [2.05, 4.69) is 20.9 Å². The van der Waals surface area contributed by atoms with Crippen LogP contribution in [0.15, 0.2) is 29.3 Å². The van der Waals surface area contributed by atoms with Crippen LogP contribution in [0.1, 0.15) is 23.7 Å². The minimum atomic E-state index is -2.94. The van der Waals surface area contributed by atoms with Crippen molar-refractivity contribution in [3.05, 3.63) is 34.9 Å². The maximum absolute atomic E-state index is 12.0. The van der Waals surface area contributed by atoms with Gasteiger partial charge in [0.1, 0.15) is 0 Å². The molecule has 1 saturated heterocycles. The number of benzene rings is 1. The summed E-state index contributed by atoms with van der Waals surface area (Å²) in [6, 6.07) is 6.53. The minimum absolute atomic E-state index is 0. The highest BCUT2D eigenvalue weighted by Crippen LogP contribution is 2.11. The summed E-state index contributed by atoms with van der Waals surface area (Å²) in [7, 11) is -2.94. The Hall–Kier alpha value is -1.07. The van der Waals surface area contributed by atoms with Crippen LogP contribution in [0.25, 0.3) is 0 Å². The molecule has 1 aromatic rings. The number of aliphatic imine (C=N–C) groups is 1. The number of carbonyl (C=O) groups is 1. The molecule has 0 radical (unpaired) electrons. The summed E-state index contributed by atoms with van der Waals surface area (Å²) in [6.07, 6.45) is 0.583. The Morgan fingerprint density at radius 1 is 1.27 bits per heavy atom. The van der Waals surface area contributed by atoms with Gasteiger partial charge in [0, 0.05) is 29.7 Å². The fourth-order valence-corrected chi connectivity index (χ4v) is 4.26. The Morgan fingerprint density at radius 2 is 1.96 bits per heavy atom. The van der Waals surface area contributed by atoms with Crippen molar-refractivity contribution in [2.45, 2.75) is 19.4 Å². The Balaban J connectivity index is 0.00000338. The highest BCUT2D eigenvalue weighted by atomic mass is 127. The second-order valence-electron chi connectivity index (χ2n) is 5.77. The van der Waals surface area contributed by atoms with Crippen LogP contribution in [0, 0.1) is 0 Å². The largest absolute Gasteiger partial charge is 0.357 e. The number of nitrogens with one attached hydrogen (secondary N) is 3. The number of carbonyl (C=O) groups excluding carboxylic acids is 1. The molecule has 2 rings (SSSR count). The van der Waals surface area contributed by atoms with E-state index < -0.39 is 9.84 Å². The van der Waals surface area contributed by atoms with Gasteiger partial charge in [0.05, 0.1) is 18.1 Å². The molecule has 1 heterocycles. The average molecular weight is 515 g/mol. The van der Waals surface area contributed by atoms with Crippen molar-refractivity contribution in [2.75, 3.05) is 31.1 Å². The first-order valence-corrected chi connectivity index (χ1v) is 10.4. The zero-order chi connectivity index (χ0) is 18.3. The molecule has 26 heavy (non-hydrogen) atoms. The van der Waals surface area contributed by atoms with Gasteiger partial charge in [-0.15, -0.1) is 24.0 Å². The lowest BCUT2D eigenvalue weighted by molar-refractivity contribution is 0.0955. The molecule has 0 aromatic heterocycles. The molecule has 146 valence electrons. The lowest BCUT2D eigenvalue weighted by Crippen LogP contribution is -2.44. The summed E-state index contributed by atoms with van der Waals surface area (Å²) >= 11 is 5.79. The molecule has 1 unspecified atom stereocenters. The first-order chi connectivity index (χ1) is 11.9. The average Bonchev–Trinajstić information content (AvgIpc) is 2.90. The van der Waals surface area contributed by atoms with Gasteiger partial charge >= 0.3 is 0 Å². The van der Waals surface area contributed by atoms with Gasteiger partial charge in [-0.05, 0) is 37.6 Å². The lowest BCUT2D eigenvalue weighted by atomic mass is 10.2. The minimum Gasteiger partial charge on any atom is -0.357 e. The predicted molar refractivity (Wildman–Crippen MR) is 115 cm³/mol. The van der Waals surface area contributed by atoms with E-state index in [1.807, 2.05) is 6.92 Å². The number of rotatable bonds is 6. The number of nitrogens with zero attached hydrogens (tertiary/aromatic N) is 1. The van der Waals surface area contributed by atoms with E-state index in [0.29, 0.717) is 42.6 Å². The van der Waals surface area contributed by atoms with Gasteiger partial charge in [-0.25, -0.2) is 8.42 Å². The fraction of sp³-hybridized carbons (Fsp3) is 0.500. The van der Waals surface area contributed by atoms with Gasteiger partial charge in [-0.2, -0.15) is 0 Å². The molecular weight excluding hydrogens is 491 g/mol. The number of sulfone groups is 1. The highest BCUT2D eigenvalue weighted by Gasteiger charge is 2.28. The molecule has 1 aliphatic heterocycles. The molecule has 1 fully saturated rings. The van der Waals surface area contributed by atoms with Crippen molar-refractivity contribution in [3.8, 4) is 0 Å². The Labute approximate surface area is 176 Å². The molecule has 0 aliphatic carbocycles. The van der Waals surface area contributed by atoms with Crippen molar-refractivity contribution in [1.29, 1.82) is 0 Å². The van der Waals surface area contributed by atoms with Gasteiger partial charge in [0.25, 0.3) is 5.91 Å². The maximum atomic E-state index is 12.0. The second kappa shape index (κ2) is 10.9. The van der Waals surface area contributed by atoms with Crippen LogP contribution in [-0.2, 0) is 9.84 Å². The molecule has 1 amide bonds. The number of amides is 1. The number of guanidine groups is 1. The third-order valence-electron chi connectivity index (χ3n) is 3.69. The molecule has 3 N–H and O–H groups in total. The van der Waals surface area contributed by atoms with Crippen LogP contribution in [-0.4, -0.2) is 57.5 Å². The number of halogens is 2. The standard InChI is InChI=1S/C16H23ClN4O3S.HI/c1-2-18-16(21-14-7-10-25(23,24)11-14)20-9-8-19-15(22)12-3-5-13(17)6-4-12;/h3-6,14H,2,7-11H2,1H3,(H,19,22)(H2,18,20,21);1H. The normalized spacial score (nSPS) is 18.7. The molecular formula is C16H24ClIN4O3S. The van der Waals surface area contributed by atoms with E-state index in [0.717, 1.165) is 0 Å². The van der Waals surface area contributed by atoms with E-state index in [-0.39, 0.29) is 47.4 Å². The van der Waals surface area contributed by atoms with Gasteiger partial charge in [0.15, 0.2) is 15.8 Å². The van der Waals surface area contributed by atoms with E-state index in [9.17, 15) is 13.2 Å². The summed E-state index contributed by atoms with van der Waals surface area (Å²) in [5, 5.41) is 9.57. The Morgan fingerprint density at radius 3 is 2.54 bits per heavy atom. The van der Waals surface area contributed by atoms with Crippen molar-refractivity contribution in [1.82, 2.24) is 16.0 Å². The third-order valence-corrected chi connectivity index (χ3v) is 5.71. The zero-order valence-corrected chi connectivity index (χ0v) is 18.4. The Kier molecular flexibility index (Phi) is 9.66. The molecule has 7 nitrogen and oxygen atoms in total. The molecule has 0 saturated carbocycles. The zero-order valence-electron chi connectivity index (χ0n) is 14.5. The quantitative estimate of drug-likeness (QED) is 0.231. The van der Waals surface area contributed by atoms with Crippen molar-refractivity contribution in [2.24, 2.45) is 4.99 Å². The molecule has 1 aliphatic rings. The van der Waals surface area contributed by atoms with Crippen LogP contribution in [0.5, 0.6) is 0 Å². The summed E-state index contributed by atoms with van der Waals surface area (Å²) in [5.41, 5.74) is 0.537. The van der Waals surface area contributed by atoms with Gasteiger partial charge in [0.2, 0.25) is 0 Å². The summed E-state index contributed by atoms with van der Waals surface area (Å²) in [5.74, 6) is 0.711. The first kappa shape index (κ1) is 23.0. The maximum Gasteiger partial charge on any atom is 0.251 e. The van der Waals surface area contributed by atoms with Crippen LogP contribution in [0.2, 0.25) is 5.02 Å². The van der Waals surface area contributed by atoms with Gasteiger partial charge < -0.3 is 16.0 Å². The van der Waals surface area contributed by atoms with E-state index >= 15 is 0 Å². The van der Waals surface area contributed by atoms with Gasteiger partial charge in [-0.1, -0.05) is 11.6 Å². The number of hydrogen-bond acceptors (Lipinski definition) is 4. The van der Waals surface area contributed by atoms with Crippen LogP contribution < -0.4 is 16.0 Å². The molecule has 1 aromatic carbocycles. The predicted octanol–water partition coefficient (Wildman–Crippen LogP) is 1.43. The lowest BCUT2D eigenvalue weighted by Gasteiger charge is -2.15. The van der Waals surface area contributed by atoms with Crippen LogP contribution in [0.3, 0.4) is 0 Å². The van der Waals surface area contributed by atoms with Crippen molar-refractivity contribution in [3.63, 3.8) is 0 Å². The molecule has 10 heteroatoms. The Bertz CT molecular complexity index is 726. The van der Waals surface area contributed by atoms with Gasteiger partial charge in [-0.3, -0.25) is 9.79 Å². The van der Waals surface area contributed by atoms with E-state index in [1.54, 1.807) is 24.3 Å².